The Labute approximate surface area is 146 Å². The highest BCUT2D eigenvalue weighted by Gasteiger charge is 2.12. The van der Waals surface area contributed by atoms with E-state index >= 15 is 0 Å². The van der Waals surface area contributed by atoms with Crippen molar-refractivity contribution in [1.82, 2.24) is 9.97 Å². The minimum absolute atomic E-state index is 0.0927. The maximum absolute atomic E-state index is 12.0. The number of anilines is 2. The van der Waals surface area contributed by atoms with Gasteiger partial charge < -0.3 is 15.7 Å². The molecule has 0 unspecified atom stereocenters. The van der Waals surface area contributed by atoms with Crippen LogP contribution in [0.3, 0.4) is 0 Å². The number of aryl methyl sites for hydroxylation is 3. The molecule has 2 aromatic rings. The molecule has 1 heterocycles. The number of amides is 1. The number of benzene rings is 1. The van der Waals surface area contributed by atoms with Crippen LogP contribution in [0.2, 0.25) is 0 Å². The van der Waals surface area contributed by atoms with E-state index in [2.05, 4.69) is 20.6 Å². The second-order valence-corrected chi connectivity index (χ2v) is 5.91. The number of rotatable bonds is 7. The molecule has 0 aliphatic heterocycles. The Balaban J connectivity index is 1.84. The number of nitrogens with zero attached hydrogens (tertiary/aromatic N) is 2. The standard InChI is InChI=1S/C18H22N4O3/c1-11-6-7-15(14(9-11)17(24)25)22-16(23)5-4-8-19-18-20-12(2)10-13(3)21-18/h6-7,9-10H,4-5,8H2,1-3H3,(H,22,23)(H,24,25)(H,19,20,21). The molecule has 2 rings (SSSR count). The van der Waals surface area contributed by atoms with Gasteiger partial charge in [-0.1, -0.05) is 11.6 Å². The molecule has 0 saturated carbocycles. The van der Waals surface area contributed by atoms with Crippen LogP contribution in [0.15, 0.2) is 24.3 Å². The fraction of sp³-hybridized carbons (Fsp3) is 0.333. The number of nitrogens with one attached hydrogen (secondary N) is 2. The van der Waals surface area contributed by atoms with E-state index in [0.29, 0.717) is 24.6 Å². The largest absolute Gasteiger partial charge is 0.478 e. The van der Waals surface area contributed by atoms with Crippen molar-refractivity contribution < 1.29 is 14.7 Å². The van der Waals surface area contributed by atoms with Crippen LogP contribution in [-0.2, 0) is 4.79 Å². The summed E-state index contributed by atoms with van der Waals surface area (Å²) in [5.41, 5.74) is 3.00. The van der Waals surface area contributed by atoms with Gasteiger partial charge in [0.15, 0.2) is 0 Å². The smallest absolute Gasteiger partial charge is 0.337 e. The average molecular weight is 342 g/mol. The molecule has 1 aromatic carbocycles. The zero-order valence-corrected chi connectivity index (χ0v) is 14.6. The van der Waals surface area contributed by atoms with Crippen LogP contribution in [0, 0.1) is 20.8 Å². The number of aromatic carboxylic acids is 1. The molecule has 25 heavy (non-hydrogen) atoms. The Morgan fingerprint density at radius 2 is 1.76 bits per heavy atom. The number of hydrogen-bond donors (Lipinski definition) is 3. The van der Waals surface area contributed by atoms with Crippen molar-refractivity contribution in [1.29, 1.82) is 0 Å². The third-order valence-electron chi connectivity index (χ3n) is 3.53. The van der Waals surface area contributed by atoms with Gasteiger partial charge in [-0.05, 0) is 45.4 Å². The molecule has 0 radical (unpaired) electrons. The van der Waals surface area contributed by atoms with Gasteiger partial charge >= 0.3 is 5.97 Å². The molecule has 0 atom stereocenters. The Morgan fingerprint density at radius 1 is 1.08 bits per heavy atom. The lowest BCUT2D eigenvalue weighted by Gasteiger charge is -2.10. The molecule has 1 amide bonds. The molecule has 0 aliphatic carbocycles. The van der Waals surface area contributed by atoms with Crippen LogP contribution >= 0.6 is 0 Å². The van der Waals surface area contributed by atoms with E-state index in [1.165, 1.54) is 6.07 Å². The number of hydrogen-bond acceptors (Lipinski definition) is 5. The van der Waals surface area contributed by atoms with Crippen molar-refractivity contribution in [2.24, 2.45) is 0 Å². The number of carboxylic acids is 1. The van der Waals surface area contributed by atoms with Crippen molar-refractivity contribution in [3.8, 4) is 0 Å². The van der Waals surface area contributed by atoms with Crippen molar-refractivity contribution in [3.05, 3.63) is 46.8 Å². The molecule has 0 spiro atoms. The second-order valence-electron chi connectivity index (χ2n) is 5.91. The van der Waals surface area contributed by atoms with Gasteiger partial charge in [0.05, 0.1) is 11.3 Å². The lowest BCUT2D eigenvalue weighted by atomic mass is 10.1. The fourth-order valence-corrected chi connectivity index (χ4v) is 2.41. The maximum atomic E-state index is 12.0. The summed E-state index contributed by atoms with van der Waals surface area (Å²) >= 11 is 0. The van der Waals surface area contributed by atoms with E-state index in [1.807, 2.05) is 19.9 Å². The van der Waals surface area contributed by atoms with Crippen LogP contribution in [0.4, 0.5) is 11.6 Å². The predicted molar refractivity (Wildman–Crippen MR) is 96.0 cm³/mol. The van der Waals surface area contributed by atoms with Gasteiger partial charge in [-0.15, -0.1) is 0 Å². The molecule has 0 saturated heterocycles. The van der Waals surface area contributed by atoms with Crippen molar-refractivity contribution in [3.63, 3.8) is 0 Å². The van der Waals surface area contributed by atoms with E-state index in [-0.39, 0.29) is 17.9 Å². The third kappa shape index (κ3) is 5.56. The van der Waals surface area contributed by atoms with E-state index in [1.54, 1.807) is 19.1 Å². The molecule has 7 nitrogen and oxygen atoms in total. The first-order valence-corrected chi connectivity index (χ1v) is 8.05. The highest BCUT2D eigenvalue weighted by molar-refractivity contribution is 6.00. The zero-order valence-electron chi connectivity index (χ0n) is 14.6. The van der Waals surface area contributed by atoms with Crippen LogP contribution < -0.4 is 10.6 Å². The van der Waals surface area contributed by atoms with Crippen molar-refractivity contribution >= 4 is 23.5 Å². The van der Waals surface area contributed by atoms with Gasteiger partial charge in [-0.3, -0.25) is 4.79 Å². The zero-order chi connectivity index (χ0) is 18.4. The number of aromatic nitrogens is 2. The van der Waals surface area contributed by atoms with E-state index in [9.17, 15) is 14.7 Å². The van der Waals surface area contributed by atoms with Crippen LogP contribution in [-0.4, -0.2) is 33.5 Å². The number of carboxylic acid groups (broad SMARTS) is 1. The Hall–Kier alpha value is -2.96. The highest BCUT2D eigenvalue weighted by atomic mass is 16.4. The molecule has 0 bridgehead atoms. The topological polar surface area (TPSA) is 104 Å². The number of carbonyl (C=O) groups is 2. The summed E-state index contributed by atoms with van der Waals surface area (Å²) in [6, 6.07) is 6.80. The van der Waals surface area contributed by atoms with Gasteiger partial charge in [0.25, 0.3) is 0 Å². The normalized spacial score (nSPS) is 10.4. The number of carbonyl (C=O) groups excluding carboxylic acids is 1. The maximum Gasteiger partial charge on any atom is 0.337 e. The van der Waals surface area contributed by atoms with Crippen LogP contribution in [0.1, 0.15) is 40.2 Å². The lowest BCUT2D eigenvalue weighted by molar-refractivity contribution is -0.116. The molecule has 0 fully saturated rings. The molecule has 1 aromatic heterocycles. The Bertz CT molecular complexity index is 770. The Kier molecular flexibility index (Phi) is 6.05. The molecule has 0 aliphatic rings. The van der Waals surface area contributed by atoms with Crippen LogP contribution in [0.25, 0.3) is 0 Å². The van der Waals surface area contributed by atoms with Gasteiger partial charge in [0.2, 0.25) is 11.9 Å². The average Bonchev–Trinajstić information content (AvgIpc) is 2.52. The monoisotopic (exact) mass is 342 g/mol. The first-order chi connectivity index (χ1) is 11.8. The Morgan fingerprint density at radius 3 is 2.40 bits per heavy atom. The summed E-state index contributed by atoms with van der Waals surface area (Å²) in [4.78, 5) is 31.8. The molecule has 3 N–H and O–H groups in total. The summed E-state index contributed by atoms with van der Waals surface area (Å²) in [7, 11) is 0. The van der Waals surface area contributed by atoms with Crippen molar-refractivity contribution in [2.45, 2.75) is 33.6 Å². The van der Waals surface area contributed by atoms with Gasteiger partial charge in [0, 0.05) is 24.4 Å². The van der Waals surface area contributed by atoms with Crippen molar-refractivity contribution in [2.75, 3.05) is 17.2 Å². The van der Waals surface area contributed by atoms with E-state index < -0.39 is 5.97 Å². The van der Waals surface area contributed by atoms with Gasteiger partial charge in [-0.2, -0.15) is 0 Å². The first kappa shape index (κ1) is 18.4. The van der Waals surface area contributed by atoms with Crippen LogP contribution in [0.5, 0.6) is 0 Å². The summed E-state index contributed by atoms with van der Waals surface area (Å²) < 4.78 is 0. The summed E-state index contributed by atoms with van der Waals surface area (Å²) in [5, 5.41) is 15.0. The summed E-state index contributed by atoms with van der Waals surface area (Å²) in [6.07, 6.45) is 0.848. The summed E-state index contributed by atoms with van der Waals surface area (Å²) in [6.45, 7) is 6.15. The fourth-order valence-electron chi connectivity index (χ4n) is 2.41. The van der Waals surface area contributed by atoms with E-state index in [4.69, 9.17) is 0 Å². The molecular weight excluding hydrogens is 320 g/mol. The minimum Gasteiger partial charge on any atom is -0.478 e. The quantitative estimate of drug-likeness (QED) is 0.668. The lowest BCUT2D eigenvalue weighted by Crippen LogP contribution is -2.16. The molecule has 7 heteroatoms. The first-order valence-electron chi connectivity index (χ1n) is 8.05. The highest BCUT2D eigenvalue weighted by Crippen LogP contribution is 2.18. The van der Waals surface area contributed by atoms with Gasteiger partial charge in [-0.25, -0.2) is 14.8 Å². The summed E-state index contributed by atoms with van der Waals surface area (Å²) in [5.74, 6) is -0.744. The van der Waals surface area contributed by atoms with Gasteiger partial charge in [0.1, 0.15) is 0 Å². The second kappa shape index (κ2) is 8.23. The van der Waals surface area contributed by atoms with E-state index in [0.717, 1.165) is 17.0 Å². The third-order valence-corrected chi connectivity index (χ3v) is 3.53. The molecular formula is C18H22N4O3. The SMILES string of the molecule is Cc1ccc(NC(=O)CCCNc2nc(C)cc(C)n2)c(C(=O)O)c1. The predicted octanol–water partition coefficient (Wildman–Crippen LogP) is 2.93. The molecule has 132 valence electrons. The minimum atomic E-state index is -1.06.